The molecule has 1 fully saturated rings. The summed E-state index contributed by atoms with van der Waals surface area (Å²) >= 11 is 1.66. The smallest absolute Gasteiger partial charge is 0.257 e. The standard InChI is InChI=1S/C17H17NO3S2/c1-12-7-8-16(22-12)14-11-15(14)17(19)18-23(20,21)10-9-13-5-3-2-4-6-13/h2-10,14-15H,11H2,1H3,(H,18,19)/b10-9-/t14-,15-/m1/s1. The lowest BCUT2D eigenvalue weighted by Crippen LogP contribution is -2.30. The first kappa shape index (κ1) is 16.0. The van der Waals surface area contributed by atoms with Crippen molar-refractivity contribution in [3.63, 3.8) is 0 Å². The topological polar surface area (TPSA) is 63.2 Å². The van der Waals surface area contributed by atoms with E-state index in [1.165, 1.54) is 11.0 Å². The van der Waals surface area contributed by atoms with Gasteiger partial charge in [0.2, 0.25) is 5.91 Å². The summed E-state index contributed by atoms with van der Waals surface area (Å²) in [5.41, 5.74) is 0.767. The monoisotopic (exact) mass is 347 g/mol. The van der Waals surface area contributed by atoms with Crippen molar-refractivity contribution in [3.05, 3.63) is 63.2 Å². The van der Waals surface area contributed by atoms with Gasteiger partial charge in [0.15, 0.2) is 0 Å². The first-order valence-electron chi connectivity index (χ1n) is 7.31. The van der Waals surface area contributed by atoms with Crippen LogP contribution in [0.1, 0.15) is 27.7 Å². The zero-order chi connectivity index (χ0) is 16.4. The Morgan fingerprint density at radius 2 is 1.96 bits per heavy atom. The molecule has 1 heterocycles. The summed E-state index contributed by atoms with van der Waals surface area (Å²) in [6.07, 6.45) is 2.19. The van der Waals surface area contributed by atoms with E-state index in [0.29, 0.717) is 6.42 Å². The summed E-state index contributed by atoms with van der Waals surface area (Å²) in [5.74, 6) is -0.506. The Hall–Kier alpha value is -1.92. The van der Waals surface area contributed by atoms with Gasteiger partial charge in [-0.2, -0.15) is 0 Å². The molecule has 0 saturated heterocycles. The highest BCUT2D eigenvalue weighted by atomic mass is 32.2. The Balaban J connectivity index is 1.60. The van der Waals surface area contributed by atoms with Crippen LogP contribution in [0.5, 0.6) is 0 Å². The molecule has 0 aliphatic heterocycles. The Morgan fingerprint density at radius 3 is 2.61 bits per heavy atom. The van der Waals surface area contributed by atoms with Crippen molar-refractivity contribution in [1.82, 2.24) is 4.72 Å². The van der Waals surface area contributed by atoms with Crippen LogP contribution in [0.4, 0.5) is 0 Å². The number of benzene rings is 1. The van der Waals surface area contributed by atoms with Crippen molar-refractivity contribution >= 4 is 33.3 Å². The Kier molecular flexibility index (Phi) is 4.37. The van der Waals surface area contributed by atoms with Gasteiger partial charge in [0.25, 0.3) is 10.0 Å². The van der Waals surface area contributed by atoms with Gasteiger partial charge in [0, 0.05) is 21.6 Å². The highest BCUT2D eigenvalue weighted by molar-refractivity contribution is 7.93. The molecular formula is C17H17NO3S2. The third kappa shape index (κ3) is 4.09. The van der Waals surface area contributed by atoms with Crippen molar-refractivity contribution in [2.24, 2.45) is 5.92 Å². The summed E-state index contributed by atoms with van der Waals surface area (Å²) in [4.78, 5) is 14.5. The summed E-state index contributed by atoms with van der Waals surface area (Å²) < 4.78 is 26.1. The lowest BCUT2D eigenvalue weighted by Gasteiger charge is -2.02. The van der Waals surface area contributed by atoms with Crippen LogP contribution in [0.3, 0.4) is 0 Å². The molecule has 0 bridgehead atoms. The van der Waals surface area contributed by atoms with Crippen LogP contribution in [0.15, 0.2) is 47.9 Å². The normalized spacial score (nSPS) is 20.6. The van der Waals surface area contributed by atoms with Crippen molar-refractivity contribution in [2.45, 2.75) is 19.3 Å². The molecule has 1 saturated carbocycles. The predicted octanol–water partition coefficient (Wildman–Crippen LogP) is 3.28. The fourth-order valence-corrected chi connectivity index (χ4v) is 4.33. The van der Waals surface area contributed by atoms with Crippen molar-refractivity contribution in [2.75, 3.05) is 0 Å². The number of hydrogen-bond donors (Lipinski definition) is 1. The van der Waals surface area contributed by atoms with Crippen LogP contribution in [0.2, 0.25) is 0 Å². The highest BCUT2D eigenvalue weighted by Crippen LogP contribution is 2.49. The Labute approximate surface area is 139 Å². The molecule has 0 spiro atoms. The number of nitrogens with one attached hydrogen (secondary N) is 1. The third-order valence-corrected chi connectivity index (χ3v) is 5.85. The van der Waals surface area contributed by atoms with E-state index in [0.717, 1.165) is 15.8 Å². The second-order valence-electron chi connectivity index (χ2n) is 5.62. The van der Waals surface area contributed by atoms with Gasteiger partial charge < -0.3 is 0 Å². The number of aryl methyl sites for hydroxylation is 1. The van der Waals surface area contributed by atoms with Crippen LogP contribution in [-0.2, 0) is 14.8 Å². The van der Waals surface area contributed by atoms with Gasteiger partial charge in [0.1, 0.15) is 0 Å². The molecule has 0 radical (unpaired) electrons. The largest absolute Gasteiger partial charge is 0.274 e. The number of sulfonamides is 1. The average Bonchev–Trinajstić information content (AvgIpc) is 3.21. The van der Waals surface area contributed by atoms with Gasteiger partial charge in [-0.25, -0.2) is 13.1 Å². The van der Waals surface area contributed by atoms with E-state index in [1.807, 2.05) is 37.3 Å². The number of thiophene rings is 1. The molecule has 1 amide bonds. The van der Waals surface area contributed by atoms with Crippen LogP contribution >= 0.6 is 11.3 Å². The second kappa shape index (κ2) is 6.29. The van der Waals surface area contributed by atoms with Gasteiger partial charge >= 0.3 is 0 Å². The number of rotatable bonds is 5. The quantitative estimate of drug-likeness (QED) is 0.903. The molecule has 2 atom stereocenters. The van der Waals surface area contributed by atoms with Gasteiger partial charge in [-0.1, -0.05) is 30.3 Å². The molecule has 1 aliphatic carbocycles. The predicted molar refractivity (Wildman–Crippen MR) is 92.4 cm³/mol. The van der Waals surface area contributed by atoms with Gasteiger partial charge in [-0.3, -0.25) is 4.79 Å². The van der Waals surface area contributed by atoms with E-state index in [-0.39, 0.29) is 11.8 Å². The second-order valence-corrected chi connectivity index (χ2v) is 8.51. The summed E-state index contributed by atoms with van der Waals surface area (Å²) in [7, 11) is -3.76. The Bertz CT molecular complexity index is 838. The molecule has 1 aromatic carbocycles. The molecule has 0 unspecified atom stereocenters. The lowest BCUT2D eigenvalue weighted by molar-refractivity contribution is -0.120. The fourth-order valence-electron chi connectivity index (χ4n) is 2.43. The number of carbonyl (C=O) groups is 1. The van der Waals surface area contributed by atoms with E-state index < -0.39 is 15.9 Å². The molecule has 1 aliphatic rings. The maximum Gasteiger partial charge on any atom is 0.257 e. The maximum atomic E-state index is 12.1. The SMILES string of the molecule is Cc1ccc([C@@H]2C[C@H]2C(=O)NS(=O)(=O)/C=C\c2ccccc2)s1. The van der Waals surface area contributed by atoms with E-state index in [2.05, 4.69) is 4.72 Å². The van der Waals surface area contributed by atoms with E-state index in [1.54, 1.807) is 23.5 Å². The first-order valence-corrected chi connectivity index (χ1v) is 9.67. The molecule has 6 heteroatoms. The van der Waals surface area contributed by atoms with Gasteiger partial charge in [-0.05, 0) is 37.1 Å². The van der Waals surface area contributed by atoms with Crippen molar-refractivity contribution in [3.8, 4) is 0 Å². The molecule has 1 aromatic heterocycles. The fraction of sp³-hybridized carbons (Fsp3) is 0.235. The van der Waals surface area contributed by atoms with E-state index >= 15 is 0 Å². The first-order chi connectivity index (χ1) is 10.9. The minimum atomic E-state index is -3.76. The lowest BCUT2D eigenvalue weighted by atomic mass is 10.2. The Morgan fingerprint density at radius 1 is 1.22 bits per heavy atom. The highest BCUT2D eigenvalue weighted by Gasteiger charge is 2.45. The number of carbonyl (C=O) groups excluding carboxylic acids is 1. The van der Waals surface area contributed by atoms with Crippen LogP contribution in [0, 0.1) is 12.8 Å². The zero-order valence-corrected chi connectivity index (χ0v) is 14.2. The van der Waals surface area contributed by atoms with Gasteiger partial charge in [0.05, 0.1) is 5.41 Å². The average molecular weight is 347 g/mol. The molecule has 3 rings (SSSR count). The van der Waals surface area contributed by atoms with Crippen molar-refractivity contribution < 1.29 is 13.2 Å². The zero-order valence-electron chi connectivity index (χ0n) is 12.6. The van der Waals surface area contributed by atoms with E-state index in [9.17, 15) is 13.2 Å². The minimum absolute atomic E-state index is 0.155. The van der Waals surface area contributed by atoms with Crippen LogP contribution in [-0.4, -0.2) is 14.3 Å². The molecule has 23 heavy (non-hydrogen) atoms. The maximum absolute atomic E-state index is 12.1. The molecule has 2 aromatic rings. The van der Waals surface area contributed by atoms with Gasteiger partial charge in [-0.15, -0.1) is 11.3 Å². The van der Waals surface area contributed by atoms with E-state index in [4.69, 9.17) is 0 Å². The summed E-state index contributed by atoms with van der Waals surface area (Å²) in [6, 6.07) is 13.1. The molecule has 1 N–H and O–H groups in total. The van der Waals surface area contributed by atoms with Crippen LogP contribution in [0.25, 0.3) is 6.08 Å². The van der Waals surface area contributed by atoms with Crippen molar-refractivity contribution in [1.29, 1.82) is 0 Å². The molecular weight excluding hydrogens is 330 g/mol. The summed E-state index contributed by atoms with van der Waals surface area (Å²) in [6.45, 7) is 2.02. The number of amides is 1. The summed E-state index contributed by atoms with van der Waals surface area (Å²) in [5, 5.41) is 1.03. The van der Waals surface area contributed by atoms with Crippen LogP contribution < -0.4 is 4.72 Å². The molecule has 4 nitrogen and oxygen atoms in total. The minimum Gasteiger partial charge on any atom is -0.274 e. The molecule has 120 valence electrons. The number of hydrogen-bond acceptors (Lipinski definition) is 4. The third-order valence-electron chi connectivity index (χ3n) is 3.74.